The maximum absolute atomic E-state index is 8.75. The summed E-state index contributed by atoms with van der Waals surface area (Å²) < 4.78 is 26.0. The van der Waals surface area contributed by atoms with Crippen molar-refractivity contribution < 1.29 is 27.3 Å². The summed E-state index contributed by atoms with van der Waals surface area (Å²) in [5.41, 5.74) is 8.47. The first-order chi connectivity index (χ1) is 25.2. The largest absolute Gasteiger partial charge is 0.486 e. The van der Waals surface area contributed by atoms with E-state index < -0.39 is 19.9 Å². The van der Waals surface area contributed by atoms with Gasteiger partial charge >= 0.3 is 0 Å². The summed E-state index contributed by atoms with van der Waals surface area (Å²) in [4.78, 5) is 14.1. The second-order valence-electron chi connectivity index (χ2n) is 15.0. The van der Waals surface area contributed by atoms with E-state index in [0.29, 0.717) is 5.71 Å². The molecule has 0 spiro atoms. The standard InChI is InChI=1S/C26H18N3O.C19H26NSi.Ir/c1-17-14-15-20-19-10-7-11-21(24(19)30-26(20)27-17)25-28-22-12-5-6-13-23(22)29(25)16-18-8-3-2-4-9-18;1-19(2,3)13-16-12-17(15-10-8-7-9-11-15)20-14-18(16)21(4,5)6;/h2-10,12-15H,16H2,1H3;7-10,12,14H,13H2,1-6H3;/q2*-1;/i;13D2;. The van der Waals surface area contributed by atoms with Gasteiger partial charge in [0, 0.05) is 46.7 Å². The minimum Gasteiger partial charge on any atom is -0.486 e. The molecular weight excluding hydrogens is 833 g/mol. The molecule has 8 rings (SSSR count). The molecule has 0 unspecified atom stereocenters. The third kappa shape index (κ3) is 8.02. The molecule has 0 fully saturated rings. The van der Waals surface area contributed by atoms with Gasteiger partial charge in [-0.1, -0.05) is 105 Å². The number of hydrogen-bond acceptors (Lipinski definition) is 4. The quantitative estimate of drug-likeness (QED) is 0.123. The van der Waals surface area contributed by atoms with Crippen LogP contribution in [0.2, 0.25) is 19.6 Å². The zero-order valence-electron chi connectivity index (χ0n) is 32.7. The van der Waals surface area contributed by atoms with Gasteiger partial charge in [-0.15, -0.1) is 54.1 Å². The summed E-state index contributed by atoms with van der Waals surface area (Å²) in [6.07, 6.45) is 0.469. The van der Waals surface area contributed by atoms with Crippen molar-refractivity contribution in [2.24, 2.45) is 5.41 Å². The van der Waals surface area contributed by atoms with Gasteiger partial charge in [0.05, 0.1) is 30.5 Å². The fraction of sp³-hybridized carbons (Fsp3) is 0.222. The van der Waals surface area contributed by atoms with E-state index in [4.69, 9.17) is 12.1 Å². The zero-order valence-corrected chi connectivity index (χ0v) is 34.1. The van der Waals surface area contributed by atoms with E-state index in [1.165, 1.54) is 5.56 Å². The van der Waals surface area contributed by atoms with E-state index in [0.717, 1.165) is 73.0 Å². The molecule has 5 nitrogen and oxygen atoms in total. The summed E-state index contributed by atoms with van der Waals surface area (Å²) >= 11 is 0. The summed E-state index contributed by atoms with van der Waals surface area (Å²) in [7, 11) is -1.70. The maximum Gasteiger partial charge on any atom is 0.216 e. The Morgan fingerprint density at radius 3 is 2.31 bits per heavy atom. The number of hydrogen-bond donors (Lipinski definition) is 0. The minimum absolute atomic E-state index is 0. The van der Waals surface area contributed by atoms with Gasteiger partial charge in [-0.3, -0.25) is 4.98 Å². The van der Waals surface area contributed by atoms with Gasteiger partial charge in [0.2, 0.25) is 5.71 Å². The van der Waals surface area contributed by atoms with Crippen LogP contribution < -0.4 is 5.19 Å². The Bertz CT molecular complexity index is 2550. The van der Waals surface area contributed by atoms with Gasteiger partial charge < -0.3 is 14.0 Å². The molecule has 8 aromatic rings. The number of nitrogens with zero attached hydrogens (tertiary/aromatic N) is 4. The summed E-state index contributed by atoms with van der Waals surface area (Å²) in [5.74, 6) is 0.849. The molecule has 265 valence electrons. The van der Waals surface area contributed by atoms with Crippen LogP contribution in [0.4, 0.5) is 0 Å². The smallest absolute Gasteiger partial charge is 0.216 e. The first-order valence-electron chi connectivity index (χ1n) is 18.4. The van der Waals surface area contributed by atoms with Crippen molar-refractivity contribution in [1.29, 1.82) is 0 Å². The first kappa shape index (κ1) is 34.4. The predicted molar refractivity (Wildman–Crippen MR) is 214 cm³/mol. The number of aryl methyl sites for hydroxylation is 1. The number of rotatable bonds is 6. The van der Waals surface area contributed by atoms with Crippen LogP contribution in [0.3, 0.4) is 0 Å². The molecule has 7 heteroatoms. The van der Waals surface area contributed by atoms with Crippen LogP contribution in [0.1, 0.15) is 40.3 Å². The van der Waals surface area contributed by atoms with E-state index in [2.05, 4.69) is 82.7 Å². The fourth-order valence-corrected chi connectivity index (χ4v) is 7.73. The Kier molecular flexibility index (Phi) is 10.0. The van der Waals surface area contributed by atoms with E-state index >= 15 is 0 Å². The van der Waals surface area contributed by atoms with Gasteiger partial charge in [-0.05, 0) is 59.4 Å². The second-order valence-corrected chi connectivity index (χ2v) is 20.1. The summed E-state index contributed by atoms with van der Waals surface area (Å²) in [5, 5.41) is 3.14. The number of benzene rings is 4. The van der Waals surface area contributed by atoms with Crippen molar-refractivity contribution in [3.63, 3.8) is 0 Å². The van der Waals surface area contributed by atoms with Crippen molar-refractivity contribution in [3.8, 4) is 22.6 Å². The number of fused-ring (bicyclic) bond motifs is 4. The van der Waals surface area contributed by atoms with Crippen molar-refractivity contribution in [1.82, 2.24) is 19.5 Å². The second kappa shape index (κ2) is 15.1. The Labute approximate surface area is 324 Å². The molecule has 0 bridgehead atoms. The first-order valence-corrected chi connectivity index (χ1v) is 20.9. The molecule has 0 saturated carbocycles. The summed E-state index contributed by atoms with van der Waals surface area (Å²) in [6.45, 7) is 15.3. The maximum atomic E-state index is 8.75. The van der Waals surface area contributed by atoms with E-state index in [9.17, 15) is 0 Å². The van der Waals surface area contributed by atoms with Gasteiger partial charge in [0.1, 0.15) is 0 Å². The van der Waals surface area contributed by atoms with Crippen LogP contribution in [0.15, 0.2) is 120 Å². The van der Waals surface area contributed by atoms with Crippen LogP contribution in [-0.4, -0.2) is 27.6 Å². The number of aromatic nitrogens is 4. The van der Waals surface area contributed by atoms with E-state index in [1.807, 2.05) is 107 Å². The number of pyridine rings is 2. The molecular formula is C45H44IrN4OSi-2. The van der Waals surface area contributed by atoms with Crippen LogP contribution >= 0.6 is 0 Å². The normalized spacial score (nSPS) is 12.6. The van der Waals surface area contributed by atoms with Crippen LogP contribution in [0.5, 0.6) is 0 Å². The Morgan fingerprint density at radius 1 is 0.827 bits per heavy atom. The SMILES string of the molecule is Cc1ccc2c(n1)oc1c(-c3nc4ccccc4n3Cc3ccccc3)[c-]ccc12.[2H]C([2H])(c1cc(-c2[c-]cccc2)ncc1[Si](C)(C)C)C(C)(C)C.[Ir]. The van der Waals surface area contributed by atoms with Crippen LogP contribution in [0.25, 0.3) is 55.7 Å². The molecule has 0 amide bonds. The average Bonchev–Trinajstić information content (AvgIpc) is 3.69. The molecule has 0 aliphatic heterocycles. The number of para-hydroxylation sites is 2. The molecule has 0 atom stereocenters. The third-order valence-corrected chi connectivity index (χ3v) is 10.7. The van der Waals surface area contributed by atoms with E-state index in [-0.39, 0.29) is 20.1 Å². The third-order valence-electron chi connectivity index (χ3n) is 8.71. The number of furan rings is 1. The van der Waals surface area contributed by atoms with E-state index in [1.54, 1.807) is 0 Å². The van der Waals surface area contributed by atoms with Crippen molar-refractivity contribution in [3.05, 3.63) is 144 Å². The minimum atomic E-state index is -1.70. The number of imidazole rings is 1. The molecule has 0 aliphatic rings. The molecule has 4 heterocycles. The molecule has 1 radical (unpaired) electrons. The molecule has 0 saturated heterocycles. The summed E-state index contributed by atoms with van der Waals surface area (Å²) in [6, 6.07) is 42.9. The van der Waals surface area contributed by atoms with Gasteiger partial charge in [0.15, 0.2) is 0 Å². The monoisotopic (exact) mass is 879 g/mol. The van der Waals surface area contributed by atoms with Crippen molar-refractivity contribution >= 4 is 46.4 Å². The fourth-order valence-electron chi connectivity index (χ4n) is 6.33. The van der Waals surface area contributed by atoms with Crippen molar-refractivity contribution in [2.45, 2.75) is 60.3 Å². The van der Waals surface area contributed by atoms with Gasteiger partial charge in [0.25, 0.3) is 0 Å². The topological polar surface area (TPSA) is 56.7 Å². The Hall–Kier alpha value is -4.68. The predicted octanol–water partition coefficient (Wildman–Crippen LogP) is 10.8. The Balaban J connectivity index is 0.000000188. The molecule has 0 N–H and O–H groups in total. The molecule has 52 heavy (non-hydrogen) atoms. The average molecular weight is 879 g/mol. The zero-order chi connectivity index (χ0) is 37.5. The van der Waals surface area contributed by atoms with Crippen LogP contribution in [-0.2, 0) is 33.0 Å². The van der Waals surface area contributed by atoms with Gasteiger partial charge in [-0.25, -0.2) is 4.98 Å². The molecule has 4 aromatic carbocycles. The van der Waals surface area contributed by atoms with Gasteiger partial charge in [-0.2, -0.15) is 0 Å². The molecule has 4 aromatic heterocycles. The Morgan fingerprint density at radius 2 is 1.58 bits per heavy atom. The molecule has 0 aliphatic carbocycles. The van der Waals surface area contributed by atoms with Crippen LogP contribution in [0, 0.1) is 24.5 Å². The van der Waals surface area contributed by atoms with Crippen molar-refractivity contribution in [2.75, 3.05) is 0 Å².